The first kappa shape index (κ1) is 16.6. The SMILES string of the molecule is CC(C)c1nc2c(n1CCCN(C)C)C(=O)C(=O)c1ccccc1-2. The molecule has 0 amide bonds. The van der Waals surface area contributed by atoms with Crippen LogP contribution in [-0.4, -0.2) is 46.7 Å². The fourth-order valence-corrected chi connectivity index (χ4v) is 3.22. The summed E-state index contributed by atoms with van der Waals surface area (Å²) in [5.41, 5.74) is 2.35. The number of hydrogen-bond donors (Lipinski definition) is 0. The summed E-state index contributed by atoms with van der Waals surface area (Å²) in [5, 5.41) is 0. The minimum atomic E-state index is -0.437. The van der Waals surface area contributed by atoms with E-state index in [1.165, 1.54) is 0 Å². The van der Waals surface area contributed by atoms with E-state index < -0.39 is 11.6 Å². The lowest BCUT2D eigenvalue weighted by Crippen LogP contribution is -2.25. The highest BCUT2D eigenvalue weighted by Gasteiger charge is 2.36. The van der Waals surface area contributed by atoms with E-state index in [-0.39, 0.29) is 5.92 Å². The highest BCUT2D eigenvalue weighted by molar-refractivity contribution is 6.52. The van der Waals surface area contributed by atoms with Gasteiger partial charge in [0, 0.05) is 23.6 Å². The highest BCUT2D eigenvalue weighted by Crippen LogP contribution is 2.35. The van der Waals surface area contributed by atoms with Crippen molar-refractivity contribution >= 4 is 11.6 Å². The largest absolute Gasteiger partial charge is 0.324 e. The molecule has 1 aromatic carbocycles. The van der Waals surface area contributed by atoms with Crippen LogP contribution < -0.4 is 0 Å². The van der Waals surface area contributed by atoms with Crippen LogP contribution in [0.5, 0.6) is 0 Å². The van der Waals surface area contributed by atoms with E-state index in [2.05, 4.69) is 18.7 Å². The maximum atomic E-state index is 12.7. The number of carbonyl (C=O) groups excluding carboxylic acids is 2. The Morgan fingerprint density at radius 2 is 1.75 bits per heavy atom. The van der Waals surface area contributed by atoms with Gasteiger partial charge in [0.15, 0.2) is 0 Å². The number of carbonyl (C=O) groups is 2. The van der Waals surface area contributed by atoms with Crippen molar-refractivity contribution in [2.75, 3.05) is 20.6 Å². The first-order valence-electron chi connectivity index (χ1n) is 8.35. The summed E-state index contributed by atoms with van der Waals surface area (Å²) >= 11 is 0. The first-order chi connectivity index (χ1) is 11.4. The predicted molar refractivity (Wildman–Crippen MR) is 93.6 cm³/mol. The number of imidazole rings is 1. The molecule has 5 heteroatoms. The highest BCUT2D eigenvalue weighted by atomic mass is 16.2. The second-order valence-corrected chi connectivity index (χ2v) is 6.83. The lowest BCUT2D eigenvalue weighted by molar-refractivity contribution is 0.0809. The van der Waals surface area contributed by atoms with Crippen molar-refractivity contribution < 1.29 is 9.59 Å². The number of hydrogen-bond acceptors (Lipinski definition) is 4. The molecule has 0 aliphatic heterocycles. The van der Waals surface area contributed by atoms with Crippen LogP contribution in [0.15, 0.2) is 24.3 Å². The minimum absolute atomic E-state index is 0.185. The first-order valence-corrected chi connectivity index (χ1v) is 8.35. The zero-order valence-electron chi connectivity index (χ0n) is 14.7. The van der Waals surface area contributed by atoms with Crippen LogP contribution in [0.2, 0.25) is 0 Å². The standard InChI is InChI=1S/C19H23N3O2/c1-12(2)19-20-15-13-8-5-6-9-14(13)17(23)18(24)16(15)22(19)11-7-10-21(3)4/h5-6,8-9,12H,7,10-11H2,1-4H3. The van der Waals surface area contributed by atoms with E-state index in [4.69, 9.17) is 4.98 Å². The molecule has 2 aromatic rings. The van der Waals surface area contributed by atoms with Gasteiger partial charge in [-0.2, -0.15) is 0 Å². The van der Waals surface area contributed by atoms with Crippen LogP contribution in [-0.2, 0) is 6.54 Å². The second-order valence-electron chi connectivity index (χ2n) is 6.83. The molecule has 0 spiro atoms. The third-order valence-electron chi connectivity index (χ3n) is 4.35. The Bertz CT molecular complexity index is 803. The van der Waals surface area contributed by atoms with Crippen molar-refractivity contribution in [3.05, 3.63) is 41.3 Å². The number of Topliss-reactive ketones (excluding diaryl/α,β-unsaturated/α-hetero) is 2. The summed E-state index contributed by atoms with van der Waals surface area (Å²) in [4.78, 5) is 32.1. The van der Waals surface area contributed by atoms with Gasteiger partial charge in [0.2, 0.25) is 5.78 Å². The van der Waals surface area contributed by atoms with Crippen molar-refractivity contribution in [1.82, 2.24) is 14.5 Å². The molecule has 0 N–H and O–H groups in total. The van der Waals surface area contributed by atoms with E-state index in [1.807, 2.05) is 30.8 Å². The number of ketones is 2. The molecule has 0 bridgehead atoms. The molecule has 24 heavy (non-hydrogen) atoms. The molecule has 0 radical (unpaired) electrons. The Hall–Kier alpha value is -2.27. The summed E-state index contributed by atoms with van der Waals surface area (Å²) in [6, 6.07) is 7.25. The van der Waals surface area contributed by atoms with Gasteiger partial charge in [0.1, 0.15) is 17.2 Å². The molecule has 1 heterocycles. The van der Waals surface area contributed by atoms with Crippen LogP contribution in [0.3, 0.4) is 0 Å². The molecular weight excluding hydrogens is 302 g/mol. The molecule has 0 atom stereocenters. The van der Waals surface area contributed by atoms with Crippen LogP contribution in [0.4, 0.5) is 0 Å². The third kappa shape index (κ3) is 2.69. The fourth-order valence-electron chi connectivity index (χ4n) is 3.22. The lowest BCUT2D eigenvalue weighted by atomic mass is 9.90. The van der Waals surface area contributed by atoms with Gasteiger partial charge in [-0.1, -0.05) is 38.1 Å². The molecule has 126 valence electrons. The number of fused-ring (bicyclic) bond motifs is 3. The van der Waals surface area contributed by atoms with E-state index >= 15 is 0 Å². The normalized spacial score (nSPS) is 13.6. The van der Waals surface area contributed by atoms with Gasteiger partial charge in [-0.15, -0.1) is 0 Å². The molecule has 1 aliphatic rings. The summed E-state index contributed by atoms with van der Waals surface area (Å²) in [5.74, 6) is 0.191. The van der Waals surface area contributed by atoms with Crippen molar-refractivity contribution in [3.63, 3.8) is 0 Å². The van der Waals surface area contributed by atoms with Crippen LogP contribution in [0.25, 0.3) is 11.3 Å². The number of nitrogens with zero attached hydrogens (tertiary/aromatic N) is 3. The zero-order chi connectivity index (χ0) is 17.4. The summed E-state index contributed by atoms with van der Waals surface area (Å²) in [7, 11) is 4.05. The Labute approximate surface area is 142 Å². The average molecular weight is 325 g/mol. The van der Waals surface area contributed by atoms with Gasteiger partial charge in [0.05, 0.1) is 0 Å². The van der Waals surface area contributed by atoms with Gasteiger partial charge in [-0.25, -0.2) is 4.98 Å². The van der Waals surface area contributed by atoms with E-state index in [0.29, 0.717) is 23.5 Å². The van der Waals surface area contributed by atoms with Gasteiger partial charge in [0.25, 0.3) is 5.78 Å². The summed E-state index contributed by atoms with van der Waals surface area (Å²) < 4.78 is 1.96. The van der Waals surface area contributed by atoms with Crippen LogP contribution in [0, 0.1) is 0 Å². The van der Waals surface area contributed by atoms with E-state index in [1.54, 1.807) is 12.1 Å². The Kier molecular flexibility index (Phi) is 4.37. The summed E-state index contributed by atoms with van der Waals surface area (Å²) in [6.45, 7) is 5.74. The molecule has 0 unspecified atom stereocenters. The lowest BCUT2D eigenvalue weighted by Gasteiger charge is -2.17. The smallest absolute Gasteiger partial charge is 0.252 e. The topological polar surface area (TPSA) is 55.2 Å². The maximum absolute atomic E-state index is 12.7. The second kappa shape index (κ2) is 6.32. The number of aromatic nitrogens is 2. The van der Waals surface area contributed by atoms with Gasteiger partial charge in [-0.05, 0) is 27.1 Å². The molecule has 1 aliphatic carbocycles. The van der Waals surface area contributed by atoms with Gasteiger partial charge < -0.3 is 9.47 Å². The van der Waals surface area contributed by atoms with Crippen LogP contribution >= 0.6 is 0 Å². The maximum Gasteiger partial charge on any atom is 0.252 e. The quantitative estimate of drug-likeness (QED) is 0.793. The summed E-state index contributed by atoms with van der Waals surface area (Å²) in [6.07, 6.45) is 0.901. The van der Waals surface area contributed by atoms with Crippen molar-refractivity contribution in [3.8, 4) is 11.3 Å². The van der Waals surface area contributed by atoms with Crippen LogP contribution in [0.1, 0.15) is 52.9 Å². The molecule has 0 saturated heterocycles. The minimum Gasteiger partial charge on any atom is -0.324 e. The Balaban J connectivity index is 2.13. The van der Waals surface area contributed by atoms with Gasteiger partial charge in [-0.3, -0.25) is 9.59 Å². The third-order valence-corrected chi connectivity index (χ3v) is 4.35. The van der Waals surface area contributed by atoms with Crippen molar-refractivity contribution in [1.29, 1.82) is 0 Å². The molecule has 5 nitrogen and oxygen atoms in total. The van der Waals surface area contributed by atoms with Crippen molar-refractivity contribution in [2.24, 2.45) is 0 Å². The van der Waals surface area contributed by atoms with Crippen molar-refractivity contribution in [2.45, 2.75) is 32.7 Å². The average Bonchev–Trinajstić information content (AvgIpc) is 2.92. The van der Waals surface area contributed by atoms with Gasteiger partial charge >= 0.3 is 0 Å². The van der Waals surface area contributed by atoms with E-state index in [9.17, 15) is 9.59 Å². The Morgan fingerprint density at radius 1 is 1.08 bits per heavy atom. The monoisotopic (exact) mass is 325 g/mol. The molecule has 1 aromatic heterocycles. The molecule has 0 saturated carbocycles. The van der Waals surface area contributed by atoms with E-state index in [0.717, 1.165) is 24.4 Å². The molecule has 0 fully saturated rings. The number of benzene rings is 1. The zero-order valence-corrected chi connectivity index (χ0v) is 14.7. The fraction of sp³-hybridized carbons (Fsp3) is 0.421. The molecular formula is C19H23N3O2. The Morgan fingerprint density at radius 3 is 2.38 bits per heavy atom. The predicted octanol–water partition coefficient (Wildman–Crippen LogP) is 3.00. The number of rotatable bonds is 5. The molecule has 3 rings (SSSR count).